The molecule has 0 fully saturated rings. The van der Waals surface area contributed by atoms with Crippen molar-refractivity contribution >= 4 is 0 Å². The molecule has 1 atom stereocenters. The molecule has 17 heavy (non-hydrogen) atoms. The van der Waals surface area contributed by atoms with Crippen LogP contribution in [-0.2, 0) is 11.3 Å². The van der Waals surface area contributed by atoms with E-state index in [0.717, 1.165) is 39.1 Å². The molecule has 0 amide bonds. The molecule has 0 aliphatic heterocycles. The van der Waals surface area contributed by atoms with Crippen LogP contribution in [0.25, 0.3) is 0 Å². The Morgan fingerprint density at radius 2 is 2.18 bits per heavy atom. The monoisotopic (exact) mass is 239 g/mol. The Morgan fingerprint density at radius 3 is 2.76 bits per heavy atom. The van der Waals surface area contributed by atoms with Crippen molar-refractivity contribution in [3.63, 3.8) is 0 Å². The van der Waals surface area contributed by atoms with Crippen LogP contribution in [0.3, 0.4) is 0 Å². The van der Waals surface area contributed by atoms with E-state index in [2.05, 4.69) is 37.4 Å². The van der Waals surface area contributed by atoms with Gasteiger partial charge in [0.05, 0.1) is 6.20 Å². The van der Waals surface area contributed by atoms with Crippen LogP contribution in [0, 0.1) is 0 Å². The quantitative estimate of drug-likeness (QED) is 0.672. The van der Waals surface area contributed by atoms with Gasteiger partial charge in [0.1, 0.15) is 0 Å². The van der Waals surface area contributed by atoms with Gasteiger partial charge in [0.2, 0.25) is 0 Å². The fraction of sp³-hybridized carbons (Fsp3) is 0.769. The van der Waals surface area contributed by atoms with Gasteiger partial charge in [-0.15, -0.1) is 0 Å². The molecule has 1 unspecified atom stereocenters. The molecular formula is C13H25N3O. The van der Waals surface area contributed by atoms with Crippen molar-refractivity contribution in [3.05, 3.63) is 18.0 Å². The Bertz CT molecular complexity index is 299. The van der Waals surface area contributed by atoms with E-state index in [9.17, 15) is 0 Å². The molecule has 0 aromatic carbocycles. The van der Waals surface area contributed by atoms with Gasteiger partial charge in [-0.3, -0.25) is 4.68 Å². The van der Waals surface area contributed by atoms with Crippen LogP contribution in [0.1, 0.15) is 45.2 Å². The molecule has 1 N–H and O–H groups in total. The molecule has 0 saturated carbocycles. The van der Waals surface area contributed by atoms with Crippen molar-refractivity contribution in [2.75, 3.05) is 19.8 Å². The van der Waals surface area contributed by atoms with Crippen molar-refractivity contribution < 1.29 is 4.74 Å². The lowest BCUT2D eigenvalue weighted by Gasteiger charge is -2.16. The summed E-state index contributed by atoms with van der Waals surface area (Å²) in [6.07, 6.45) is 6.16. The van der Waals surface area contributed by atoms with Gasteiger partial charge in [-0.05, 0) is 26.3 Å². The van der Waals surface area contributed by atoms with Crippen molar-refractivity contribution in [1.82, 2.24) is 15.1 Å². The van der Waals surface area contributed by atoms with E-state index in [-0.39, 0.29) is 0 Å². The summed E-state index contributed by atoms with van der Waals surface area (Å²) in [5.74, 6) is 0. The van der Waals surface area contributed by atoms with Crippen molar-refractivity contribution in [3.8, 4) is 0 Å². The minimum atomic E-state index is 0.358. The smallest absolute Gasteiger partial charge is 0.0537 e. The molecule has 0 aliphatic carbocycles. The highest BCUT2D eigenvalue weighted by Gasteiger charge is 2.11. The first-order valence-corrected chi connectivity index (χ1v) is 6.65. The molecule has 1 rings (SSSR count). The molecule has 0 spiro atoms. The maximum Gasteiger partial charge on any atom is 0.0537 e. The molecular weight excluding hydrogens is 214 g/mol. The van der Waals surface area contributed by atoms with Crippen molar-refractivity contribution in [2.24, 2.45) is 0 Å². The highest BCUT2D eigenvalue weighted by Crippen LogP contribution is 2.16. The third kappa shape index (κ3) is 4.88. The van der Waals surface area contributed by atoms with Gasteiger partial charge in [-0.25, -0.2) is 0 Å². The minimum Gasteiger partial charge on any atom is -0.381 e. The molecule has 4 nitrogen and oxygen atoms in total. The Hall–Kier alpha value is -0.870. The predicted octanol–water partition coefficient (Wildman–Crippen LogP) is 2.37. The van der Waals surface area contributed by atoms with E-state index >= 15 is 0 Å². The largest absolute Gasteiger partial charge is 0.381 e. The van der Waals surface area contributed by atoms with Crippen LogP contribution in [0.4, 0.5) is 0 Å². The topological polar surface area (TPSA) is 39.1 Å². The third-order valence-corrected chi connectivity index (χ3v) is 2.73. The van der Waals surface area contributed by atoms with Crippen LogP contribution < -0.4 is 5.32 Å². The molecule has 0 radical (unpaired) electrons. The molecule has 4 heteroatoms. The van der Waals surface area contributed by atoms with E-state index in [1.165, 1.54) is 5.56 Å². The van der Waals surface area contributed by atoms with Gasteiger partial charge in [0, 0.05) is 37.6 Å². The lowest BCUT2D eigenvalue weighted by Crippen LogP contribution is -2.22. The second-order valence-corrected chi connectivity index (χ2v) is 4.14. The average Bonchev–Trinajstić information content (AvgIpc) is 2.82. The summed E-state index contributed by atoms with van der Waals surface area (Å²) in [5, 5.41) is 7.80. The van der Waals surface area contributed by atoms with Crippen molar-refractivity contribution in [1.29, 1.82) is 0 Å². The summed E-state index contributed by atoms with van der Waals surface area (Å²) in [4.78, 5) is 0. The molecule has 0 aliphatic rings. The highest BCUT2D eigenvalue weighted by atomic mass is 16.5. The third-order valence-electron chi connectivity index (χ3n) is 2.73. The zero-order valence-corrected chi connectivity index (χ0v) is 11.3. The van der Waals surface area contributed by atoms with Gasteiger partial charge in [0.25, 0.3) is 0 Å². The Kier molecular flexibility index (Phi) is 6.89. The standard InChI is InChI=1S/C13H25N3O/c1-4-8-17-9-7-13(14-5-2)12-10-15-16(6-3)11-12/h10-11,13-14H,4-9H2,1-3H3. The van der Waals surface area contributed by atoms with Crippen LogP contribution in [0.5, 0.6) is 0 Å². The zero-order chi connectivity index (χ0) is 12.5. The van der Waals surface area contributed by atoms with Gasteiger partial charge >= 0.3 is 0 Å². The maximum atomic E-state index is 5.55. The molecule has 0 bridgehead atoms. The van der Waals surface area contributed by atoms with Crippen LogP contribution in [0.15, 0.2) is 12.4 Å². The number of hydrogen-bond acceptors (Lipinski definition) is 3. The van der Waals surface area contributed by atoms with E-state index < -0.39 is 0 Å². The normalized spacial score (nSPS) is 12.9. The number of rotatable bonds is 9. The SMILES string of the molecule is CCCOCCC(NCC)c1cnn(CC)c1. The number of nitrogens with one attached hydrogen (secondary N) is 1. The van der Waals surface area contributed by atoms with Crippen LogP contribution in [-0.4, -0.2) is 29.5 Å². The minimum absolute atomic E-state index is 0.358. The fourth-order valence-electron chi connectivity index (χ4n) is 1.81. The molecule has 98 valence electrons. The van der Waals surface area contributed by atoms with Gasteiger partial charge in [0.15, 0.2) is 0 Å². The Labute approximate surface area is 104 Å². The summed E-state index contributed by atoms with van der Waals surface area (Å²) >= 11 is 0. The summed E-state index contributed by atoms with van der Waals surface area (Å²) < 4.78 is 7.51. The Balaban J connectivity index is 2.46. The lowest BCUT2D eigenvalue weighted by molar-refractivity contribution is 0.124. The zero-order valence-electron chi connectivity index (χ0n) is 11.3. The highest BCUT2D eigenvalue weighted by molar-refractivity contribution is 5.10. The fourth-order valence-corrected chi connectivity index (χ4v) is 1.81. The molecule has 1 aromatic rings. The van der Waals surface area contributed by atoms with Crippen LogP contribution in [0.2, 0.25) is 0 Å². The molecule has 1 heterocycles. The average molecular weight is 239 g/mol. The second-order valence-electron chi connectivity index (χ2n) is 4.14. The number of ether oxygens (including phenoxy) is 1. The lowest BCUT2D eigenvalue weighted by atomic mass is 10.1. The number of nitrogens with zero attached hydrogens (tertiary/aromatic N) is 2. The van der Waals surface area contributed by atoms with E-state index in [1.807, 2.05) is 10.9 Å². The van der Waals surface area contributed by atoms with E-state index in [1.54, 1.807) is 0 Å². The molecule has 0 saturated heterocycles. The first kappa shape index (κ1) is 14.2. The summed E-state index contributed by atoms with van der Waals surface area (Å²) in [6.45, 7) is 9.91. The van der Waals surface area contributed by atoms with E-state index in [4.69, 9.17) is 4.74 Å². The second kappa shape index (κ2) is 8.25. The van der Waals surface area contributed by atoms with Gasteiger partial charge in [-0.1, -0.05) is 13.8 Å². The predicted molar refractivity (Wildman–Crippen MR) is 70.0 cm³/mol. The first-order valence-electron chi connectivity index (χ1n) is 6.65. The number of aromatic nitrogens is 2. The number of hydrogen-bond donors (Lipinski definition) is 1. The molecule has 1 aromatic heterocycles. The van der Waals surface area contributed by atoms with Crippen molar-refractivity contribution in [2.45, 2.75) is 46.2 Å². The maximum absolute atomic E-state index is 5.55. The van der Waals surface area contributed by atoms with E-state index in [0.29, 0.717) is 6.04 Å². The number of aryl methyl sites for hydroxylation is 1. The summed E-state index contributed by atoms with van der Waals surface area (Å²) in [5.41, 5.74) is 1.26. The summed E-state index contributed by atoms with van der Waals surface area (Å²) in [6, 6.07) is 0.358. The van der Waals surface area contributed by atoms with Crippen LogP contribution >= 0.6 is 0 Å². The first-order chi connectivity index (χ1) is 8.31. The Morgan fingerprint density at radius 1 is 1.35 bits per heavy atom. The van der Waals surface area contributed by atoms with Gasteiger partial charge in [-0.2, -0.15) is 5.10 Å². The summed E-state index contributed by atoms with van der Waals surface area (Å²) in [7, 11) is 0. The van der Waals surface area contributed by atoms with Gasteiger partial charge < -0.3 is 10.1 Å².